The van der Waals surface area contributed by atoms with Gasteiger partial charge >= 0.3 is 0 Å². The summed E-state index contributed by atoms with van der Waals surface area (Å²) in [4.78, 5) is 24.1. The second kappa shape index (κ2) is 8.44. The van der Waals surface area contributed by atoms with Gasteiger partial charge in [0.25, 0.3) is 5.91 Å². The zero-order chi connectivity index (χ0) is 18.4. The van der Waals surface area contributed by atoms with Gasteiger partial charge in [0.05, 0.1) is 6.42 Å². The molecule has 0 aromatic heterocycles. The first-order chi connectivity index (χ1) is 11.9. The lowest BCUT2D eigenvalue weighted by molar-refractivity contribution is -0.115. The van der Waals surface area contributed by atoms with Crippen LogP contribution >= 0.6 is 11.6 Å². The first kappa shape index (κ1) is 18.7. The van der Waals surface area contributed by atoms with Crippen LogP contribution in [0.2, 0.25) is 5.02 Å². The van der Waals surface area contributed by atoms with Crippen molar-refractivity contribution in [2.24, 2.45) is 5.10 Å². The fourth-order valence-corrected chi connectivity index (χ4v) is 2.38. The fourth-order valence-electron chi connectivity index (χ4n) is 2.19. The molecule has 2 aromatic carbocycles. The third-order valence-corrected chi connectivity index (χ3v) is 3.97. The third kappa shape index (κ3) is 5.43. The highest BCUT2D eigenvalue weighted by atomic mass is 35.5. The summed E-state index contributed by atoms with van der Waals surface area (Å²) in [6, 6.07) is 12.3. The maximum absolute atomic E-state index is 12.1. The highest BCUT2D eigenvalue weighted by Gasteiger charge is 2.09. The van der Waals surface area contributed by atoms with Gasteiger partial charge in [-0.1, -0.05) is 29.8 Å². The summed E-state index contributed by atoms with van der Waals surface area (Å²) in [6.07, 6.45) is 0.0865. The quantitative estimate of drug-likeness (QED) is 0.625. The number of rotatable bonds is 5. The van der Waals surface area contributed by atoms with Crippen molar-refractivity contribution in [3.63, 3.8) is 0 Å². The van der Waals surface area contributed by atoms with Crippen LogP contribution in [-0.4, -0.2) is 17.5 Å². The highest BCUT2D eigenvalue weighted by Crippen LogP contribution is 2.18. The Labute approximate surface area is 152 Å². The van der Waals surface area contributed by atoms with Gasteiger partial charge in [-0.25, -0.2) is 5.43 Å². The molecule has 0 saturated carbocycles. The minimum atomic E-state index is -0.378. The lowest BCUT2D eigenvalue weighted by Crippen LogP contribution is -2.21. The Morgan fingerprint density at radius 3 is 2.56 bits per heavy atom. The first-order valence-electron chi connectivity index (χ1n) is 7.82. The number of hydrogen-bond donors (Lipinski definition) is 2. The van der Waals surface area contributed by atoms with Gasteiger partial charge in [0.1, 0.15) is 0 Å². The Morgan fingerprint density at radius 2 is 1.84 bits per heavy atom. The number of amides is 2. The van der Waals surface area contributed by atoms with Crippen LogP contribution in [-0.2, 0) is 4.79 Å². The van der Waals surface area contributed by atoms with Gasteiger partial charge in [0.2, 0.25) is 5.91 Å². The highest BCUT2D eigenvalue weighted by molar-refractivity contribution is 6.30. The van der Waals surface area contributed by atoms with Gasteiger partial charge in [0.15, 0.2) is 0 Å². The van der Waals surface area contributed by atoms with Crippen LogP contribution in [0.5, 0.6) is 0 Å². The average Bonchev–Trinajstić information content (AvgIpc) is 2.56. The van der Waals surface area contributed by atoms with Crippen LogP contribution in [0.4, 0.5) is 5.69 Å². The molecule has 0 heterocycles. The molecule has 0 aliphatic heterocycles. The SMILES string of the molecule is C/C(CC(=O)Nc1cccc(C)c1C)=N\NC(=O)c1cccc(Cl)c1. The summed E-state index contributed by atoms with van der Waals surface area (Å²) in [7, 11) is 0. The van der Waals surface area contributed by atoms with E-state index in [-0.39, 0.29) is 18.2 Å². The Morgan fingerprint density at radius 1 is 1.12 bits per heavy atom. The lowest BCUT2D eigenvalue weighted by atomic mass is 10.1. The number of carbonyl (C=O) groups is 2. The van der Waals surface area contributed by atoms with E-state index in [1.54, 1.807) is 31.2 Å². The van der Waals surface area contributed by atoms with E-state index < -0.39 is 0 Å². The van der Waals surface area contributed by atoms with Crippen molar-refractivity contribution in [1.29, 1.82) is 0 Å². The number of anilines is 1. The van der Waals surface area contributed by atoms with Crippen LogP contribution < -0.4 is 10.7 Å². The van der Waals surface area contributed by atoms with Crippen molar-refractivity contribution in [3.8, 4) is 0 Å². The number of aryl methyl sites for hydroxylation is 1. The van der Waals surface area contributed by atoms with Crippen LogP contribution in [0.1, 0.15) is 34.8 Å². The molecule has 2 N–H and O–H groups in total. The van der Waals surface area contributed by atoms with Gasteiger partial charge in [-0.05, 0) is 56.2 Å². The molecule has 0 spiro atoms. The Hall–Kier alpha value is -2.66. The summed E-state index contributed by atoms with van der Waals surface area (Å²) < 4.78 is 0. The molecule has 2 aromatic rings. The molecule has 0 atom stereocenters. The number of hydrazone groups is 1. The smallest absolute Gasteiger partial charge is 0.271 e. The normalized spacial score (nSPS) is 11.1. The third-order valence-electron chi connectivity index (χ3n) is 3.73. The van der Waals surface area contributed by atoms with E-state index >= 15 is 0 Å². The monoisotopic (exact) mass is 357 g/mol. The minimum Gasteiger partial charge on any atom is -0.326 e. The molecule has 0 radical (unpaired) electrons. The average molecular weight is 358 g/mol. The second-order valence-corrected chi connectivity index (χ2v) is 6.21. The Kier molecular flexibility index (Phi) is 6.31. The number of halogens is 1. The molecule has 0 aliphatic rings. The van der Waals surface area contributed by atoms with Crippen molar-refractivity contribution >= 4 is 34.8 Å². The number of nitrogens with zero attached hydrogens (tertiary/aromatic N) is 1. The topological polar surface area (TPSA) is 70.6 Å². The van der Waals surface area contributed by atoms with E-state index in [0.29, 0.717) is 16.3 Å². The zero-order valence-electron chi connectivity index (χ0n) is 14.4. The van der Waals surface area contributed by atoms with Gasteiger partial charge in [-0.3, -0.25) is 9.59 Å². The second-order valence-electron chi connectivity index (χ2n) is 5.77. The summed E-state index contributed by atoms with van der Waals surface area (Å²) in [5.74, 6) is -0.566. The van der Waals surface area contributed by atoms with E-state index in [9.17, 15) is 9.59 Å². The molecule has 130 valence electrons. The number of carbonyl (C=O) groups excluding carboxylic acids is 2. The molecule has 2 amide bonds. The maximum atomic E-state index is 12.1. The molecule has 0 aliphatic carbocycles. The van der Waals surface area contributed by atoms with E-state index in [1.165, 1.54) is 0 Å². The van der Waals surface area contributed by atoms with Crippen LogP contribution in [0.3, 0.4) is 0 Å². The molecule has 6 heteroatoms. The van der Waals surface area contributed by atoms with E-state index in [0.717, 1.165) is 16.8 Å². The molecular formula is C19H20ClN3O2. The Bertz CT molecular complexity index is 831. The predicted molar refractivity (Wildman–Crippen MR) is 101 cm³/mol. The molecule has 0 saturated heterocycles. The van der Waals surface area contributed by atoms with E-state index in [4.69, 9.17) is 11.6 Å². The number of nitrogens with one attached hydrogen (secondary N) is 2. The van der Waals surface area contributed by atoms with Gasteiger partial charge in [-0.15, -0.1) is 0 Å². The molecule has 25 heavy (non-hydrogen) atoms. The van der Waals surface area contributed by atoms with Crippen LogP contribution in [0.15, 0.2) is 47.6 Å². The van der Waals surface area contributed by atoms with Crippen molar-refractivity contribution in [2.75, 3.05) is 5.32 Å². The summed E-state index contributed by atoms with van der Waals surface area (Å²) in [5.41, 5.74) is 6.25. The van der Waals surface area contributed by atoms with Gasteiger partial charge < -0.3 is 5.32 Å². The first-order valence-corrected chi connectivity index (χ1v) is 8.19. The van der Waals surface area contributed by atoms with Crippen LogP contribution in [0, 0.1) is 13.8 Å². The molecular weight excluding hydrogens is 338 g/mol. The maximum Gasteiger partial charge on any atom is 0.271 e. The fraction of sp³-hybridized carbons (Fsp3) is 0.211. The van der Waals surface area contributed by atoms with Crippen molar-refractivity contribution in [2.45, 2.75) is 27.2 Å². The van der Waals surface area contributed by atoms with Crippen LogP contribution in [0.25, 0.3) is 0 Å². The van der Waals surface area contributed by atoms with Crippen molar-refractivity contribution < 1.29 is 9.59 Å². The Balaban J connectivity index is 1.93. The summed E-state index contributed by atoms with van der Waals surface area (Å²) >= 11 is 5.85. The molecule has 0 unspecified atom stereocenters. The van der Waals surface area contributed by atoms with E-state index in [2.05, 4.69) is 15.8 Å². The predicted octanol–water partition coefficient (Wildman–Crippen LogP) is 4.09. The number of benzene rings is 2. The zero-order valence-corrected chi connectivity index (χ0v) is 15.1. The lowest BCUT2D eigenvalue weighted by Gasteiger charge is -2.10. The molecule has 0 bridgehead atoms. The minimum absolute atomic E-state index is 0.0865. The standard InChI is InChI=1S/C19H20ClN3O2/c1-12-6-4-9-17(14(12)3)21-18(24)10-13(2)22-23-19(25)15-7-5-8-16(20)11-15/h4-9,11H,10H2,1-3H3,(H,21,24)(H,23,25)/b22-13+. The molecule has 2 rings (SSSR count). The van der Waals surface area contributed by atoms with Crippen molar-refractivity contribution in [1.82, 2.24) is 5.43 Å². The number of hydrogen-bond acceptors (Lipinski definition) is 3. The summed E-state index contributed by atoms with van der Waals surface area (Å²) in [6.45, 7) is 5.63. The van der Waals surface area contributed by atoms with E-state index in [1.807, 2.05) is 32.0 Å². The van der Waals surface area contributed by atoms with Crippen molar-refractivity contribution in [3.05, 3.63) is 64.2 Å². The van der Waals surface area contributed by atoms with Gasteiger partial charge in [0, 0.05) is 22.0 Å². The molecule has 5 nitrogen and oxygen atoms in total. The molecule has 0 fully saturated rings. The van der Waals surface area contributed by atoms with Gasteiger partial charge in [-0.2, -0.15) is 5.10 Å². The summed E-state index contributed by atoms with van der Waals surface area (Å²) in [5, 5.41) is 7.30. The largest absolute Gasteiger partial charge is 0.326 e.